The Labute approximate surface area is 105 Å². The van der Waals surface area contributed by atoms with Gasteiger partial charge in [0.05, 0.1) is 11.0 Å². The van der Waals surface area contributed by atoms with Crippen LogP contribution < -0.4 is 5.32 Å². The van der Waals surface area contributed by atoms with E-state index in [-0.39, 0.29) is 0 Å². The van der Waals surface area contributed by atoms with Gasteiger partial charge in [0.15, 0.2) is 0 Å². The van der Waals surface area contributed by atoms with Crippen LogP contribution >= 0.6 is 0 Å². The molecule has 0 aliphatic rings. The number of fused-ring (bicyclic) bond motifs is 1. The number of H-pyrrole nitrogens is 1. The van der Waals surface area contributed by atoms with Gasteiger partial charge in [-0.15, -0.1) is 0 Å². The fourth-order valence-corrected chi connectivity index (χ4v) is 1.91. The quantitative estimate of drug-likeness (QED) is 0.734. The maximum atomic E-state index is 4.46. The number of pyridine rings is 1. The molecule has 0 amide bonds. The normalized spacial score (nSPS) is 10.7. The van der Waals surface area contributed by atoms with Crippen molar-refractivity contribution in [1.82, 2.24) is 15.0 Å². The molecule has 0 radical (unpaired) electrons. The van der Waals surface area contributed by atoms with Crippen LogP contribution in [0.4, 0.5) is 5.95 Å². The number of nitrogens with zero attached hydrogens (tertiary/aromatic N) is 2. The van der Waals surface area contributed by atoms with E-state index >= 15 is 0 Å². The lowest BCUT2D eigenvalue weighted by Crippen LogP contribution is -2.06. The molecule has 4 heteroatoms. The molecule has 1 aromatic carbocycles. The Bertz CT molecular complexity index is 597. The first-order chi connectivity index (χ1) is 8.92. The van der Waals surface area contributed by atoms with Gasteiger partial charge in [0.25, 0.3) is 0 Å². The third-order valence-corrected chi connectivity index (χ3v) is 2.82. The number of para-hydroxylation sites is 2. The van der Waals surface area contributed by atoms with Crippen LogP contribution in [0.5, 0.6) is 0 Å². The number of aromatic amines is 1. The lowest BCUT2D eigenvalue weighted by molar-refractivity contribution is 0.988. The Balaban J connectivity index is 1.63. The van der Waals surface area contributed by atoms with Crippen molar-refractivity contribution >= 4 is 17.0 Å². The van der Waals surface area contributed by atoms with Crippen LogP contribution in [0.1, 0.15) is 5.56 Å². The van der Waals surface area contributed by atoms with Crippen molar-refractivity contribution in [3.05, 3.63) is 54.4 Å². The Hall–Kier alpha value is -2.36. The van der Waals surface area contributed by atoms with Crippen molar-refractivity contribution in [2.24, 2.45) is 0 Å². The van der Waals surface area contributed by atoms with E-state index in [0.29, 0.717) is 0 Å². The molecule has 2 heterocycles. The molecule has 0 saturated carbocycles. The van der Waals surface area contributed by atoms with E-state index in [2.05, 4.69) is 26.3 Å². The number of anilines is 1. The third-order valence-electron chi connectivity index (χ3n) is 2.82. The monoisotopic (exact) mass is 238 g/mol. The summed E-state index contributed by atoms with van der Waals surface area (Å²) in [6, 6.07) is 12.0. The number of rotatable bonds is 4. The van der Waals surface area contributed by atoms with Crippen LogP contribution in [0, 0.1) is 0 Å². The molecule has 0 aliphatic heterocycles. The SMILES string of the molecule is c1cncc(CCNc2nc3ccccc3[nH]2)c1. The van der Waals surface area contributed by atoms with Crippen LogP contribution in [0.3, 0.4) is 0 Å². The van der Waals surface area contributed by atoms with Gasteiger partial charge in [0.1, 0.15) is 0 Å². The molecule has 0 saturated heterocycles. The zero-order valence-corrected chi connectivity index (χ0v) is 9.93. The molecular weight excluding hydrogens is 224 g/mol. The summed E-state index contributed by atoms with van der Waals surface area (Å²) in [7, 11) is 0. The Morgan fingerprint density at radius 3 is 2.89 bits per heavy atom. The van der Waals surface area contributed by atoms with E-state index in [9.17, 15) is 0 Å². The lowest BCUT2D eigenvalue weighted by atomic mass is 10.2. The zero-order chi connectivity index (χ0) is 12.2. The van der Waals surface area contributed by atoms with Gasteiger partial charge >= 0.3 is 0 Å². The molecule has 0 bridgehead atoms. The van der Waals surface area contributed by atoms with E-state index in [1.54, 1.807) is 6.20 Å². The number of hydrogen-bond acceptors (Lipinski definition) is 3. The molecule has 3 aromatic rings. The van der Waals surface area contributed by atoms with Gasteiger partial charge in [-0.3, -0.25) is 4.98 Å². The highest BCUT2D eigenvalue weighted by Gasteiger charge is 2.00. The average molecular weight is 238 g/mol. The van der Waals surface area contributed by atoms with Crippen molar-refractivity contribution < 1.29 is 0 Å². The molecule has 0 spiro atoms. The Kier molecular flexibility index (Phi) is 2.92. The topological polar surface area (TPSA) is 53.6 Å². The molecular formula is C14H14N4. The lowest BCUT2D eigenvalue weighted by Gasteiger charge is -2.02. The molecule has 2 aromatic heterocycles. The summed E-state index contributed by atoms with van der Waals surface area (Å²) in [6.45, 7) is 0.839. The maximum Gasteiger partial charge on any atom is 0.201 e. The van der Waals surface area contributed by atoms with E-state index in [0.717, 1.165) is 29.9 Å². The largest absolute Gasteiger partial charge is 0.355 e. The second-order valence-electron chi connectivity index (χ2n) is 4.14. The molecule has 0 unspecified atom stereocenters. The van der Waals surface area contributed by atoms with Crippen molar-refractivity contribution in [2.75, 3.05) is 11.9 Å². The van der Waals surface area contributed by atoms with Gasteiger partial charge in [-0.05, 0) is 30.2 Å². The first-order valence-electron chi connectivity index (χ1n) is 5.99. The summed E-state index contributed by atoms with van der Waals surface area (Å²) in [4.78, 5) is 11.8. The summed E-state index contributed by atoms with van der Waals surface area (Å²) in [6.07, 6.45) is 4.61. The van der Waals surface area contributed by atoms with E-state index in [1.807, 2.05) is 36.5 Å². The van der Waals surface area contributed by atoms with Crippen LogP contribution in [-0.4, -0.2) is 21.5 Å². The highest BCUT2D eigenvalue weighted by Crippen LogP contribution is 2.13. The summed E-state index contributed by atoms with van der Waals surface area (Å²) in [5.74, 6) is 0.820. The maximum absolute atomic E-state index is 4.46. The van der Waals surface area contributed by atoms with E-state index in [4.69, 9.17) is 0 Å². The van der Waals surface area contributed by atoms with Crippen LogP contribution in [0.2, 0.25) is 0 Å². The minimum Gasteiger partial charge on any atom is -0.355 e. The number of aromatic nitrogens is 3. The summed E-state index contributed by atoms with van der Waals surface area (Å²) >= 11 is 0. The van der Waals surface area contributed by atoms with Gasteiger partial charge in [0.2, 0.25) is 5.95 Å². The number of benzene rings is 1. The molecule has 90 valence electrons. The molecule has 2 N–H and O–H groups in total. The average Bonchev–Trinajstić information content (AvgIpc) is 2.82. The van der Waals surface area contributed by atoms with Crippen LogP contribution in [-0.2, 0) is 6.42 Å². The van der Waals surface area contributed by atoms with Crippen molar-refractivity contribution in [1.29, 1.82) is 0 Å². The molecule has 4 nitrogen and oxygen atoms in total. The van der Waals surface area contributed by atoms with Crippen molar-refractivity contribution in [2.45, 2.75) is 6.42 Å². The molecule has 3 rings (SSSR count). The Morgan fingerprint density at radius 2 is 2.06 bits per heavy atom. The second-order valence-corrected chi connectivity index (χ2v) is 4.14. The van der Waals surface area contributed by atoms with Crippen molar-refractivity contribution in [3.8, 4) is 0 Å². The van der Waals surface area contributed by atoms with E-state index < -0.39 is 0 Å². The van der Waals surface area contributed by atoms with Gasteiger partial charge < -0.3 is 10.3 Å². The minimum atomic E-state index is 0.820. The predicted octanol–water partition coefficient (Wildman–Crippen LogP) is 2.61. The predicted molar refractivity (Wildman–Crippen MR) is 72.5 cm³/mol. The summed E-state index contributed by atoms with van der Waals surface area (Å²) in [5, 5.41) is 3.29. The minimum absolute atomic E-state index is 0.820. The fourth-order valence-electron chi connectivity index (χ4n) is 1.91. The van der Waals surface area contributed by atoms with Gasteiger partial charge in [-0.25, -0.2) is 4.98 Å². The highest BCUT2D eigenvalue weighted by atomic mass is 15.1. The fraction of sp³-hybridized carbons (Fsp3) is 0.143. The summed E-state index contributed by atoms with van der Waals surface area (Å²) < 4.78 is 0. The first-order valence-corrected chi connectivity index (χ1v) is 5.99. The zero-order valence-electron chi connectivity index (χ0n) is 9.93. The van der Waals surface area contributed by atoms with Crippen LogP contribution in [0.15, 0.2) is 48.8 Å². The smallest absolute Gasteiger partial charge is 0.201 e. The van der Waals surface area contributed by atoms with Crippen LogP contribution in [0.25, 0.3) is 11.0 Å². The molecule has 0 aliphatic carbocycles. The standard InChI is InChI=1S/C14H14N4/c1-2-6-13-12(5-1)17-14(18-13)16-9-7-11-4-3-8-15-10-11/h1-6,8,10H,7,9H2,(H2,16,17,18). The van der Waals surface area contributed by atoms with Gasteiger partial charge in [0, 0.05) is 18.9 Å². The van der Waals surface area contributed by atoms with Gasteiger partial charge in [-0.2, -0.15) is 0 Å². The highest BCUT2D eigenvalue weighted by molar-refractivity contribution is 5.77. The molecule has 0 fully saturated rings. The second kappa shape index (κ2) is 4.87. The number of hydrogen-bond donors (Lipinski definition) is 2. The summed E-state index contributed by atoms with van der Waals surface area (Å²) in [5.41, 5.74) is 3.27. The van der Waals surface area contributed by atoms with Gasteiger partial charge in [-0.1, -0.05) is 18.2 Å². The number of nitrogens with one attached hydrogen (secondary N) is 2. The Morgan fingerprint density at radius 1 is 1.11 bits per heavy atom. The molecule has 18 heavy (non-hydrogen) atoms. The third kappa shape index (κ3) is 2.32. The van der Waals surface area contributed by atoms with E-state index in [1.165, 1.54) is 5.56 Å². The first kappa shape index (κ1) is 10.8. The molecule has 0 atom stereocenters. The van der Waals surface area contributed by atoms with Crippen molar-refractivity contribution in [3.63, 3.8) is 0 Å². The number of imidazole rings is 1.